The Bertz CT molecular complexity index is 587. The van der Waals surface area contributed by atoms with Gasteiger partial charge >= 0.3 is 0 Å². The molecule has 2 rings (SSSR count). The van der Waals surface area contributed by atoms with E-state index in [1.165, 1.54) is 0 Å². The van der Waals surface area contributed by atoms with Gasteiger partial charge in [-0.05, 0) is 45.4 Å². The molecule has 0 aliphatic carbocycles. The van der Waals surface area contributed by atoms with Crippen LogP contribution in [0.3, 0.4) is 0 Å². The van der Waals surface area contributed by atoms with Crippen LogP contribution in [0.4, 0.5) is 0 Å². The highest BCUT2D eigenvalue weighted by Gasteiger charge is 2.12. The van der Waals surface area contributed by atoms with Crippen molar-refractivity contribution in [2.75, 3.05) is 6.54 Å². The summed E-state index contributed by atoms with van der Waals surface area (Å²) in [5.41, 5.74) is 1.97. The molecule has 0 unspecified atom stereocenters. The second-order valence-electron chi connectivity index (χ2n) is 5.89. The molecule has 1 aromatic heterocycles. The monoisotopic (exact) mass is 293 g/mol. The Balaban J connectivity index is 2.03. The number of benzene rings is 1. The fourth-order valence-corrected chi connectivity index (χ4v) is 1.92. The van der Waals surface area contributed by atoms with E-state index in [4.69, 9.17) is 16.0 Å². The number of nitrogens with one attached hydrogen (secondary N) is 1. The molecule has 0 fully saturated rings. The minimum absolute atomic E-state index is 0.0906. The Labute approximate surface area is 124 Å². The van der Waals surface area contributed by atoms with E-state index in [1.54, 1.807) is 0 Å². The van der Waals surface area contributed by atoms with Gasteiger partial charge in [0.2, 0.25) is 11.8 Å². The van der Waals surface area contributed by atoms with Gasteiger partial charge in [-0.3, -0.25) is 0 Å². The van der Waals surface area contributed by atoms with Gasteiger partial charge in [0.1, 0.15) is 0 Å². The molecular weight excluding hydrogens is 274 g/mol. The molecule has 5 heteroatoms. The van der Waals surface area contributed by atoms with E-state index >= 15 is 0 Å². The van der Waals surface area contributed by atoms with Crippen molar-refractivity contribution < 1.29 is 4.42 Å². The van der Waals surface area contributed by atoms with E-state index in [-0.39, 0.29) is 5.54 Å². The Morgan fingerprint density at radius 1 is 1.25 bits per heavy atom. The first-order chi connectivity index (χ1) is 9.35. The van der Waals surface area contributed by atoms with Crippen molar-refractivity contribution in [3.05, 3.63) is 34.7 Å². The van der Waals surface area contributed by atoms with Crippen LogP contribution in [0.15, 0.2) is 22.6 Å². The summed E-state index contributed by atoms with van der Waals surface area (Å²) in [5, 5.41) is 12.2. The van der Waals surface area contributed by atoms with Crippen LogP contribution >= 0.6 is 11.6 Å². The zero-order valence-corrected chi connectivity index (χ0v) is 13.1. The Hall–Kier alpha value is -1.39. The molecule has 0 atom stereocenters. The van der Waals surface area contributed by atoms with Gasteiger partial charge in [0, 0.05) is 29.1 Å². The molecule has 2 aromatic rings. The van der Waals surface area contributed by atoms with Gasteiger partial charge in [-0.15, -0.1) is 10.2 Å². The molecule has 0 aliphatic heterocycles. The van der Waals surface area contributed by atoms with Crippen molar-refractivity contribution >= 4 is 11.6 Å². The summed E-state index contributed by atoms with van der Waals surface area (Å²) in [4.78, 5) is 0. The average molecular weight is 294 g/mol. The number of halogens is 1. The molecule has 1 aromatic carbocycles. The minimum atomic E-state index is 0.0906. The summed E-state index contributed by atoms with van der Waals surface area (Å²) in [6, 6.07) is 5.73. The van der Waals surface area contributed by atoms with Gasteiger partial charge in [-0.1, -0.05) is 17.7 Å². The number of rotatable bonds is 4. The van der Waals surface area contributed by atoms with E-state index in [0.29, 0.717) is 23.2 Å². The van der Waals surface area contributed by atoms with Gasteiger partial charge < -0.3 is 9.73 Å². The number of nitrogens with zero attached hydrogens (tertiary/aromatic N) is 2. The maximum Gasteiger partial charge on any atom is 0.247 e. The van der Waals surface area contributed by atoms with Crippen molar-refractivity contribution in [1.82, 2.24) is 15.5 Å². The molecular formula is C15H20ClN3O. The normalized spacial score (nSPS) is 11.8. The predicted octanol–water partition coefficient (Wildman–Crippen LogP) is 3.63. The summed E-state index contributed by atoms with van der Waals surface area (Å²) < 4.78 is 5.66. The zero-order chi connectivity index (χ0) is 14.8. The highest BCUT2D eigenvalue weighted by Crippen LogP contribution is 2.24. The molecule has 1 N–H and O–H groups in total. The quantitative estimate of drug-likeness (QED) is 0.935. The van der Waals surface area contributed by atoms with Crippen LogP contribution in [0, 0.1) is 6.92 Å². The van der Waals surface area contributed by atoms with Crippen molar-refractivity contribution in [2.24, 2.45) is 0 Å². The Kier molecular flexibility index (Phi) is 4.45. The lowest BCUT2D eigenvalue weighted by molar-refractivity contribution is 0.412. The van der Waals surface area contributed by atoms with Gasteiger partial charge in [0.25, 0.3) is 0 Å². The summed E-state index contributed by atoms with van der Waals surface area (Å²) in [6.45, 7) is 9.14. The molecule has 108 valence electrons. The number of hydrogen-bond donors (Lipinski definition) is 1. The summed E-state index contributed by atoms with van der Waals surface area (Å²) in [6.07, 6.45) is 0.712. The summed E-state index contributed by atoms with van der Waals surface area (Å²) in [7, 11) is 0. The molecule has 1 heterocycles. The van der Waals surface area contributed by atoms with Gasteiger partial charge in [0.05, 0.1) is 0 Å². The van der Waals surface area contributed by atoms with Gasteiger partial charge in [-0.2, -0.15) is 0 Å². The van der Waals surface area contributed by atoms with Crippen LogP contribution in [0.5, 0.6) is 0 Å². The summed E-state index contributed by atoms with van der Waals surface area (Å²) >= 11 is 6.10. The van der Waals surface area contributed by atoms with E-state index in [2.05, 4.69) is 36.3 Å². The van der Waals surface area contributed by atoms with Crippen molar-refractivity contribution in [3.8, 4) is 11.5 Å². The van der Waals surface area contributed by atoms with Crippen LogP contribution in [0.2, 0.25) is 5.02 Å². The van der Waals surface area contributed by atoms with Gasteiger partial charge in [-0.25, -0.2) is 0 Å². The maximum atomic E-state index is 6.10. The third-order valence-corrected chi connectivity index (χ3v) is 3.29. The lowest BCUT2D eigenvalue weighted by Gasteiger charge is -2.19. The number of aryl methyl sites for hydroxylation is 1. The molecule has 0 radical (unpaired) electrons. The molecule has 0 spiro atoms. The molecule has 0 bridgehead atoms. The average Bonchev–Trinajstić information content (AvgIpc) is 2.80. The first-order valence-electron chi connectivity index (χ1n) is 6.69. The summed E-state index contributed by atoms with van der Waals surface area (Å²) in [5.74, 6) is 1.14. The maximum absolute atomic E-state index is 6.10. The van der Waals surface area contributed by atoms with Crippen LogP contribution in [0.25, 0.3) is 11.5 Å². The Morgan fingerprint density at radius 3 is 2.65 bits per heavy atom. The second-order valence-corrected chi connectivity index (χ2v) is 6.30. The third kappa shape index (κ3) is 4.05. The highest BCUT2D eigenvalue weighted by atomic mass is 35.5. The van der Waals surface area contributed by atoms with E-state index in [9.17, 15) is 0 Å². The molecule has 0 saturated heterocycles. The SMILES string of the molecule is Cc1ccc(-c2nnc(CCNC(C)(C)C)o2)cc1Cl. The van der Waals surface area contributed by atoms with Crippen molar-refractivity contribution in [1.29, 1.82) is 0 Å². The largest absolute Gasteiger partial charge is 0.421 e. The topological polar surface area (TPSA) is 51.0 Å². The lowest BCUT2D eigenvalue weighted by atomic mass is 10.1. The fraction of sp³-hybridized carbons (Fsp3) is 0.467. The third-order valence-electron chi connectivity index (χ3n) is 2.88. The smallest absolute Gasteiger partial charge is 0.247 e. The number of hydrogen-bond acceptors (Lipinski definition) is 4. The van der Waals surface area contributed by atoms with Crippen LogP contribution in [-0.4, -0.2) is 22.3 Å². The Morgan fingerprint density at radius 2 is 2.00 bits per heavy atom. The zero-order valence-electron chi connectivity index (χ0n) is 12.3. The van der Waals surface area contributed by atoms with E-state index in [1.807, 2.05) is 25.1 Å². The first-order valence-corrected chi connectivity index (χ1v) is 7.07. The predicted molar refractivity (Wildman–Crippen MR) is 80.9 cm³/mol. The van der Waals surface area contributed by atoms with E-state index in [0.717, 1.165) is 17.7 Å². The molecule has 20 heavy (non-hydrogen) atoms. The van der Waals surface area contributed by atoms with E-state index < -0.39 is 0 Å². The molecule has 0 aliphatic rings. The van der Waals surface area contributed by atoms with Crippen molar-refractivity contribution in [3.63, 3.8) is 0 Å². The molecule has 4 nitrogen and oxygen atoms in total. The van der Waals surface area contributed by atoms with Crippen LogP contribution in [0.1, 0.15) is 32.2 Å². The van der Waals surface area contributed by atoms with Crippen LogP contribution < -0.4 is 5.32 Å². The van der Waals surface area contributed by atoms with Gasteiger partial charge in [0.15, 0.2) is 0 Å². The lowest BCUT2D eigenvalue weighted by Crippen LogP contribution is -2.37. The fourth-order valence-electron chi connectivity index (χ4n) is 1.74. The molecule has 0 saturated carbocycles. The first kappa shape index (κ1) is 15.0. The standard InChI is InChI=1S/C15H20ClN3O/c1-10-5-6-11(9-12(10)16)14-19-18-13(20-14)7-8-17-15(2,3)4/h5-6,9,17H,7-8H2,1-4H3. The van der Waals surface area contributed by atoms with Crippen LogP contribution in [-0.2, 0) is 6.42 Å². The highest BCUT2D eigenvalue weighted by molar-refractivity contribution is 6.31. The van der Waals surface area contributed by atoms with Crippen molar-refractivity contribution in [2.45, 2.75) is 39.7 Å². The molecule has 0 amide bonds. The second kappa shape index (κ2) is 5.94. The number of aromatic nitrogens is 2. The minimum Gasteiger partial charge on any atom is -0.421 e.